The van der Waals surface area contributed by atoms with Gasteiger partial charge in [0.2, 0.25) is 0 Å². The van der Waals surface area contributed by atoms with Crippen LogP contribution in [0.1, 0.15) is 87.8 Å². The van der Waals surface area contributed by atoms with E-state index in [2.05, 4.69) is 0 Å². The fraction of sp³-hybridized carbons (Fsp3) is 0.588. The number of aliphatic hydroxyl groups is 2. The number of carboxylic acids is 2. The summed E-state index contributed by atoms with van der Waals surface area (Å²) in [6.45, 7) is 17.8. The Bertz CT molecular complexity index is 1070. The fourth-order valence-corrected chi connectivity index (χ4v) is 4.85. The smallest absolute Gasteiger partial charge is 0.303 e. The number of hydrogen-bond acceptors (Lipinski definition) is 8. The van der Waals surface area contributed by atoms with Gasteiger partial charge in [-0.05, 0) is 71.9 Å². The molecule has 0 saturated carbocycles. The maximum Gasteiger partial charge on any atom is 0.303 e. The molecule has 0 unspecified atom stereocenters. The van der Waals surface area contributed by atoms with Crippen molar-refractivity contribution in [2.75, 3.05) is 39.6 Å². The van der Waals surface area contributed by atoms with Gasteiger partial charge in [-0.1, -0.05) is 53.7 Å². The van der Waals surface area contributed by atoms with Gasteiger partial charge in [-0.15, -0.1) is 0 Å². The highest BCUT2D eigenvalue weighted by atomic mass is 16.5. The van der Waals surface area contributed by atoms with Gasteiger partial charge < -0.3 is 40.1 Å². The number of aromatic hydroxyl groups is 2. The summed E-state index contributed by atoms with van der Waals surface area (Å²) in [5, 5.41) is 53.8. The Morgan fingerprint density at radius 1 is 0.614 bits per heavy atom. The maximum atomic E-state index is 10.6. The Morgan fingerprint density at radius 2 is 0.932 bits per heavy atom. The van der Waals surface area contributed by atoms with Crippen LogP contribution in [-0.2, 0) is 42.7 Å². The number of hydrogen-bond donors (Lipinski definition) is 6. The quantitative estimate of drug-likeness (QED) is 0.166. The van der Waals surface area contributed by atoms with Crippen molar-refractivity contribution in [3.8, 4) is 11.5 Å². The molecule has 0 radical (unpaired) electrons. The van der Waals surface area contributed by atoms with E-state index in [1.165, 1.54) is 0 Å². The number of ether oxygens (including phenoxy) is 2. The summed E-state index contributed by atoms with van der Waals surface area (Å²) < 4.78 is 9.75. The zero-order chi connectivity index (χ0) is 34.1. The average Bonchev–Trinajstić information content (AvgIpc) is 2.89. The number of aliphatic carboxylic acids is 2. The van der Waals surface area contributed by atoms with Crippen molar-refractivity contribution < 1.29 is 49.7 Å². The van der Waals surface area contributed by atoms with Crippen molar-refractivity contribution in [1.82, 2.24) is 0 Å². The molecule has 0 atom stereocenters. The third kappa shape index (κ3) is 15.5. The molecular formula is C34H54O10. The van der Waals surface area contributed by atoms with Crippen LogP contribution in [0.4, 0.5) is 0 Å². The third-order valence-electron chi connectivity index (χ3n) is 6.67. The summed E-state index contributed by atoms with van der Waals surface area (Å²) >= 11 is 0. The Balaban J connectivity index is 0.000000655. The van der Waals surface area contributed by atoms with Crippen molar-refractivity contribution in [2.24, 2.45) is 0 Å². The van der Waals surface area contributed by atoms with Crippen molar-refractivity contribution in [3.63, 3.8) is 0 Å². The van der Waals surface area contributed by atoms with Crippen LogP contribution >= 0.6 is 0 Å². The number of phenolic OH excluding ortho intramolecular Hbond substituents is 2. The second kappa shape index (κ2) is 20.0. The molecule has 10 nitrogen and oxygen atoms in total. The fourth-order valence-electron chi connectivity index (χ4n) is 4.85. The lowest BCUT2D eigenvalue weighted by Crippen LogP contribution is -2.15. The molecule has 2 rings (SSSR count). The molecule has 2 aromatic rings. The largest absolute Gasteiger partial charge is 0.508 e. The van der Waals surface area contributed by atoms with Crippen LogP contribution in [0.25, 0.3) is 0 Å². The minimum Gasteiger partial charge on any atom is -0.508 e. The molecule has 6 N–H and O–H groups in total. The normalized spacial score (nSPS) is 11.2. The van der Waals surface area contributed by atoms with E-state index in [9.17, 15) is 19.8 Å². The number of phenols is 2. The molecule has 0 amide bonds. The van der Waals surface area contributed by atoms with E-state index < -0.39 is 11.9 Å². The van der Waals surface area contributed by atoms with Crippen LogP contribution in [0.3, 0.4) is 0 Å². The van der Waals surface area contributed by atoms with Gasteiger partial charge in [0.25, 0.3) is 0 Å². The number of carbonyl (C=O) groups is 2. The number of rotatable bonds is 13. The number of benzene rings is 2. The monoisotopic (exact) mass is 622 g/mol. The molecule has 0 saturated heterocycles. The van der Waals surface area contributed by atoms with E-state index in [-0.39, 0.29) is 48.4 Å². The second-order valence-electron chi connectivity index (χ2n) is 12.4. The zero-order valence-electron chi connectivity index (χ0n) is 27.7. The van der Waals surface area contributed by atoms with Crippen molar-refractivity contribution in [1.29, 1.82) is 0 Å². The first-order valence-electron chi connectivity index (χ1n) is 14.8. The molecule has 0 spiro atoms. The molecule has 0 bridgehead atoms. The summed E-state index contributed by atoms with van der Waals surface area (Å²) in [6.07, 6.45) is 1.25. The Kier molecular flexibility index (Phi) is 18.5. The van der Waals surface area contributed by atoms with E-state index in [0.29, 0.717) is 39.3 Å². The van der Waals surface area contributed by atoms with E-state index in [0.717, 1.165) is 33.4 Å². The summed E-state index contributed by atoms with van der Waals surface area (Å²) in [5.74, 6) is -1.02. The topological polar surface area (TPSA) is 174 Å². The van der Waals surface area contributed by atoms with Crippen LogP contribution < -0.4 is 0 Å². The predicted octanol–water partition coefficient (Wildman–Crippen LogP) is 5.03. The summed E-state index contributed by atoms with van der Waals surface area (Å²) in [7, 11) is 0. The predicted molar refractivity (Wildman–Crippen MR) is 171 cm³/mol. The number of aryl methyl sites for hydroxylation is 2. The van der Waals surface area contributed by atoms with Gasteiger partial charge in [0.1, 0.15) is 11.5 Å². The highest BCUT2D eigenvalue weighted by molar-refractivity contribution is 5.67. The molecule has 0 aliphatic carbocycles. The molecule has 44 heavy (non-hydrogen) atoms. The minimum atomic E-state index is -0.796. The van der Waals surface area contributed by atoms with Crippen LogP contribution in [0, 0.1) is 13.8 Å². The Hall–Kier alpha value is -3.18. The summed E-state index contributed by atoms with van der Waals surface area (Å²) in [5.41, 5.74) is 5.50. The summed E-state index contributed by atoms with van der Waals surface area (Å²) in [6, 6.07) is 6.93. The first kappa shape index (κ1) is 40.8. The van der Waals surface area contributed by atoms with Gasteiger partial charge in [0.15, 0.2) is 0 Å². The zero-order valence-corrected chi connectivity index (χ0v) is 27.7. The Labute approximate surface area is 262 Å². The van der Waals surface area contributed by atoms with E-state index in [1.54, 1.807) is 12.1 Å². The molecular weight excluding hydrogens is 568 g/mol. The van der Waals surface area contributed by atoms with Crippen LogP contribution in [0.5, 0.6) is 11.5 Å². The number of aliphatic hydroxyl groups excluding tert-OH is 2. The second-order valence-corrected chi connectivity index (χ2v) is 12.4. The van der Waals surface area contributed by atoms with Crippen LogP contribution in [0.2, 0.25) is 0 Å². The van der Waals surface area contributed by atoms with Crippen molar-refractivity contribution in [3.05, 3.63) is 57.6 Å². The van der Waals surface area contributed by atoms with Crippen molar-refractivity contribution >= 4 is 11.9 Å². The van der Waals surface area contributed by atoms with Crippen LogP contribution in [0.15, 0.2) is 24.3 Å². The summed E-state index contributed by atoms with van der Waals surface area (Å²) in [4.78, 5) is 21.2. The maximum absolute atomic E-state index is 10.6. The van der Waals surface area contributed by atoms with Crippen molar-refractivity contribution in [2.45, 2.75) is 91.9 Å². The van der Waals surface area contributed by atoms with Gasteiger partial charge in [0, 0.05) is 24.0 Å². The SMILES string of the molecule is Cc1c(CCC(=O)O)ccc(O)c1C(C)(C)C.Cc1c(CCC(=O)O)ccc(O)c1C(C)(C)C.OCCOCCOCCO. The van der Waals surface area contributed by atoms with E-state index in [4.69, 9.17) is 29.9 Å². The number of carboxylic acid groups (broad SMARTS) is 2. The molecule has 0 fully saturated rings. The van der Waals surface area contributed by atoms with Gasteiger partial charge in [-0.25, -0.2) is 0 Å². The molecule has 250 valence electrons. The van der Waals surface area contributed by atoms with E-state index in [1.807, 2.05) is 67.5 Å². The molecule has 10 heteroatoms. The van der Waals surface area contributed by atoms with E-state index >= 15 is 0 Å². The Morgan fingerprint density at radius 3 is 1.18 bits per heavy atom. The molecule has 0 aromatic heterocycles. The minimum absolute atomic E-state index is 0.0417. The standard InChI is InChI=1S/2C14H20O3.C6H14O4/c2*1-9-10(6-8-12(16)17)5-7-11(15)13(9)14(2,3)4;7-1-3-9-5-6-10-4-2-8/h2*5,7,15H,6,8H2,1-4H3,(H,16,17);7-8H,1-6H2. The lowest BCUT2D eigenvalue weighted by Gasteiger charge is -2.24. The molecule has 0 heterocycles. The lowest BCUT2D eigenvalue weighted by atomic mass is 9.81. The first-order valence-corrected chi connectivity index (χ1v) is 14.8. The average molecular weight is 623 g/mol. The lowest BCUT2D eigenvalue weighted by molar-refractivity contribution is -0.138. The highest BCUT2D eigenvalue weighted by Crippen LogP contribution is 2.36. The van der Waals surface area contributed by atoms with Crippen LogP contribution in [-0.4, -0.2) is 82.2 Å². The highest BCUT2D eigenvalue weighted by Gasteiger charge is 2.23. The molecule has 0 aliphatic rings. The third-order valence-corrected chi connectivity index (χ3v) is 6.67. The first-order chi connectivity index (χ1) is 20.4. The van der Waals surface area contributed by atoms with Gasteiger partial charge in [-0.2, -0.15) is 0 Å². The van der Waals surface area contributed by atoms with Gasteiger partial charge in [0.05, 0.1) is 39.6 Å². The molecule has 2 aromatic carbocycles. The molecule has 0 aliphatic heterocycles. The van der Waals surface area contributed by atoms with Gasteiger partial charge >= 0.3 is 11.9 Å². The van der Waals surface area contributed by atoms with Gasteiger partial charge in [-0.3, -0.25) is 9.59 Å².